The number of aromatic carboxylic acids is 1. The molecule has 1 heterocycles. The smallest absolute Gasteiger partial charge is 0.338 e. The first-order valence-electron chi connectivity index (χ1n) is 6.70. The Hall–Kier alpha value is -1.81. The lowest BCUT2D eigenvalue weighted by atomic mass is 10.1. The van der Waals surface area contributed by atoms with E-state index in [0.717, 1.165) is 22.8 Å². The second kappa shape index (κ2) is 6.57. The molecule has 1 aromatic heterocycles. The zero-order chi connectivity index (χ0) is 14.5. The van der Waals surface area contributed by atoms with E-state index in [1.54, 1.807) is 6.07 Å². The summed E-state index contributed by atoms with van der Waals surface area (Å²) < 4.78 is 0. The van der Waals surface area contributed by atoms with E-state index >= 15 is 0 Å². The minimum absolute atomic E-state index is 0.376. The van der Waals surface area contributed by atoms with Crippen LogP contribution in [0.5, 0.6) is 0 Å². The summed E-state index contributed by atoms with van der Waals surface area (Å²) in [6.07, 6.45) is 0.773. The van der Waals surface area contributed by atoms with Crippen LogP contribution in [0.4, 0.5) is 5.00 Å². The minimum atomic E-state index is -0.869. The van der Waals surface area contributed by atoms with Crippen LogP contribution in [-0.2, 0) is 6.42 Å². The van der Waals surface area contributed by atoms with E-state index in [2.05, 4.69) is 31.3 Å². The molecular weight excluding hydrogens is 270 g/mol. The van der Waals surface area contributed by atoms with Gasteiger partial charge in [-0.1, -0.05) is 44.2 Å². The number of rotatable bonds is 6. The Morgan fingerprint density at radius 1 is 1.30 bits per heavy atom. The van der Waals surface area contributed by atoms with Gasteiger partial charge in [-0.2, -0.15) is 0 Å². The van der Waals surface area contributed by atoms with Crippen LogP contribution < -0.4 is 5.32 Å². The molecular formula is C16H19NO2S. The molecule has 0 aliphatic heterocycles. The predicted octanol–water partition coefficient (Wildman–Crippen LogP) is 4.11. The normalized spacial score (nSPS) is 10.8. The van der Waals surface area contributed by atoms with Gasteiger partial charge >= 0.3 is 5.97 Å². The molecule has 2 aromatic rings. The Balaban J connectivity index is 2.18. The summed E-state index contributed by atoms with van der Waals surface area (Å²) in [6.45, 7) is 4.99. The Labute approximate surface area is 123 Å². The molecule has 2 N–H and O–H groups in total. The summed E-state index contributed by atoms with van der Waals surface area (Å²) >= 11 is 1.53. The van der Waals surface area contributed by atoms with Crippen molar-refractivity contribution < 1.29 is 9.90 Å². The first-order valence-corrected chi connectivity index (χ1v) is 7.51. The number of thiophene rings is 1. The fourth-order valence-corrected chi connectivity index (χ4v) is 3.00. The van der Waals surface area contributed by atoms with E-state index < -0.39 is 5.97 Å². The van der Waals surface area contributed by atoms with Crippen LogP contribution in [0.3, 0.4) is 0 Å². The van der Waals surface area contributed by atoms with Gasteiger partial charge in [-0.3, -0.25) is 0 Å². The summed E-state index contributed by atoms with van der Waals surface area (Å²) in [6, 6.07) is 11.9. The quantitative estimate of drug-likeness (QED) is 0.841. The van der Waals surface area contributed by atoms with Crippen LogP contribution >= 0.6 is 11.3 Å². The third-order valence-corrected chi connectivity index (χ3v) is 4.00. The molecule has 0 unspecified atom stereocenters. The van der Waals surface area contributed by atoms with Gasteiger partial charge in [0.1, 0.15) is 5.00 Å². The van der Waals surface area contributed by atoms with Crippen molar-refractivity contribution in [2.45, 2.75) is 20.3 Å². The molecule has 0 aliphatic carbocycles. The number of benzene rings is 1. The van der Waals surface area contributed by atoms with Gasteiger partial charge in [0.25, 0.3) is 0 Å². The molecule has 0 fully saturated rings. The second-order valence-electron chi connectivity index (χ2n) is 5.20. The van der Waals surface area contributed by atoms with Crippen LogP contribution in [0.2, 0.25) is 0 Å². The maximum Gasteiger partial charge on any atom is 0.338 e. The van der Waals surface area contributed by atoms with Gasteiger partial charge < -0.3 is 10.4 Å². The maximum absolute atomic E-state index is 11.3. The van der Waals surface area contributed by atoms with Crippen molar-refractivity contribution in [3.8, 4) is 0 Å². The Bertz CT molecular complexity index is 575. The SMILES string of the molecule is CC(C)CNc1sc(Cc2ccccc2)cc1C(=O)O. The number of carboxylic acid groups (broad SMARTS) is 1. The first-order chi connectivity index (χ1) is 9.56. The van der Waals surface area contributed by atoms with Crippen molar-refractivity contribution in [2.75, 3.05) is 11.9 Å². The fraction of sp³-hybridized carbons (Fsp3) is 0.312. The highest BCUT2D eigenvalue weighted by molar-refractivity contribution is 7.16. The molecule has 0 saturated carbocycles. The number of carbonyl (C=O) groups is 1. The van der Waals surface area contributed by atoms with Crippen LogP contribution in [0.25, 0.3) is 0 Å². The molecule has 0 spiro atoms. The molecule has 4 heteroatoms. The zero-order valence-electron chi connectivity index (χ0n) is 11.7. The van der Waals surface area contributed by atoms with Crippen LogP contribution in [-0.4, -0.2) is 17.6 Å². The summed E-state index contributed by atoms with van der Waals surface area (Å²) in [5.41, 5.74) is 1.57. The van der Waals surface area contributed by atoms with Gasteiger partial charge in [0.05, 0.1) is 5.56 Å². The van der Waals surface area contributed by atoms with E-state index in [1.165, 1.54) is 16.9 Å². The molecule has 2 rings (SSSR count). The van der Waals surface area contributed by atoms with Gasteiger partial charge in [-0.25, -0.2) is 4.79 Å². The molecule has 106 valence electrons. The average molecular weight is 289 g/mol. The molecule has 1 aromatic carbocycles. The number of nitrogens with one attached hydrogen (secondary N) is 1. The number of hydrogen-bond acceptors (Lipinski definition) is 3. The van der Waals surface area contributed by atoms with E-state index in [0.29, 0.717) is 11.5 Å². The summed E-state index contributed by atoms with van der Waals surface area (Å²) in [5, 5.41) is 13.3. The average Bonchev–Trinajstić information content (AvgIpc) is 2.81. The minimum Gasteiger partial charge on any atom is -0.478 e. The third kappa shape index (κ3) is 3.84. The highest BCUT2D eigenvalue weighted by Crippen LogP contribution is 2.30. The van der Waals surface area contributed by atoms with Crippen molar-refractivity contribution >= 4 is 22.3 Å². The highest BCUT2D eigenvalue weighted by atomic mass is 32.1. The summed E-state index contributed by atoms with van der Waals surface area (Å²) in [4.78, 5) is 12.4. The van der Waals surface area contributed by atoms with Crippen molar-refractivity contribution in [1.29, 1.82) is 0 Å². The number of anilines is 1. The zero-order valence-corrected chi connectivity index (χ0v) is 12.5. The lowest BCUT2D eigenvalue weighted by Gasteiger charge is -2.07. The Kier molecular flexibility index (Phi) is 4.79. The molecule has 0 aliphatic rings. The molecule has 20 heavy (non-hydrogen) atoms. The third-order valence-electron chi connectivity index (χ3n) is 2.91. The largest absolute Gasteiger partial charge is 0.478 e. The first kappa shape index (κ1) is 14.6. The summed E-state index contributed by atoms with van der Waals surface area (Å²) in [7, 11) is 0. The molecule has 0 atom stereocenters. The highest BCUT2D eigenvalue weighted by Gasteiger charge is 2.15. The molecule has 3 nitrogen and oxygen atoms in total. The summed E-state index contributed by atoms with van der Waals surface area (Å²) in [5.74, 6) is -0.386. The maximum atomic E-state index is 11.3. The van der Waals surface area contributed by atoms with Gasteiger partial charge in [0.2, 0.25) is 0 Å². The topological polar surface area (TPSA) is 49.3 Å². The lowest BCUT2D eigenvalue weighted by Crippen LogP contribution is -2.09. The van der Waals surface area contributed by atoms with Crippen LogP contribution in [0, 0.1) is 5.92 Å². The van der Waals surface area contributed by atoms with E-state index in [4.69, 9.17) is 0 Å². The van der Waals surface area contributed by atoms with Crippen molar-refractivity contribution in [2.24, 2.45) is 5.92 Å². The van der Waals surface area contributed by atoms with Crippen LogP contribution in [0.15, 0.2) is 36.4 Å². The predicted molar refractivity (Wildman–Crippen MR) is 83.9 cm³/mol. The molecule has 0 radical (unpaired) electrons. The van der Waals surface area contributed by atoms with Gasteiger partial charge in [-0.05, 0) is 17.5 Å². The molecule has 0 bridgehead atoms. The van der Waals surface area contributed by atoms with E-state index in [1.807, 2.05) is 18.2 Å². The Morgan fingerprint density at radius 3 is 2.60 bits per heavy atom. The van der Waals surface area contributed by atoms with Gasteiger partial charge in [0.15, 0.2) is 0 Å². The monoisotopic (exact) mass is 289 g/mol. The van der Waals surface area contributed by atoms with E-state index in [9.17, 15) is 9.90 Å². The van der Waals surface area contributed by atoms with Crippen molar-refractivity contribution in [1.82, 2.24) is 0 Å². The number of hydrogen-bond donors (Lipinski definition) is 2. The van der Waals surface area contributed by atoms with E-state index in [-0.39, 0.29) is 0 Å². The van der Waals surface area contributed by atoms with Crippen molar-refractivity contribution in [3.63, 3.8) is 0 Å². The fourth-order valence-electron chi connectivity index (χ4n) is 1.91. The number of carboxylic acids is 1. The second-order valence-corrected chi connectivity index (χ2v) is 6.33. The Morgan fingerprint density at radius 2 is 2.00 bits per heavy atom. The molecule has 0 amide bonds. The van der Waals surface area contributed by atoms with Crippen LogP contribution in [0.1, 0.15) is 34.6 Å². The van der Waals surface area contributed by atoms with Crippen molar-refractivity contribution in [3.05, 3.63) is 52.4 Å². The molecule has 0 saturated heterocycles. The van der Waals surface area contributed by atoms with Gasteiger partial charge in [0, 0.05) is 17.8 Å². The standard InChI is InChI=1S/C16H19NO2S/c1-11(2)10-17-15-14(16(18)19)9-13(20-15)8-12-6-4-3-5-7-12/h3-7,9,11,17H,8,10H2,1-2H3,(H,18,19). The lowest BCUT2D eigenvalue weighted by molar-refractivity contribution is 0.0698. The van der Waals surface area contributed by atoms with Gasteiger partial charge in [-0.15, -0.1) is 11.3 Å².